The van der Waals surface area contributed by atoms with Crippen molar-refractivity contribution in [1.29, 1.82) is 5.26 Å². The molecule has 0 heterocycles. The first-order valence-electron chi connectivity index (χ1n) is 5.23. The SMILES string of the molecule is CC.CN(CC#N)Cc1cc(Cl)ccc1N. The van der Waals surface area contributed by atoms with Gasteiger partial charge in [0.1, 0.15) is 0 Å². The Balaban J connectivity index is 0.00000106. The van der Waals surface area contributed by atoms with E-state index in [0.717, 1.165) is 5.56 Å². The Kier molecular flexibility index (Phi) is 7.36. The number of halogens is 1. The quantitative estimate of drug-likeness (QED) is 0.652. The van der Waals surface area contributed by atoms with Gasteiger partial charge in [0.2, 0.25) is 0 Å². The molecule has 0 saturated heterocycles. The van der Waals surface area contributed by atoms with Gasteiger partial charge in [-0.25, -0.2) is 0 Å². The fraction of sp³-hybridized carbons (Fsp3) is 0.417. The summed E-state index contributed by atoms with van der Waals surface area (Å²) >= 11 is 5.84. The molecule has 1 aromatic carbocycles. The highest BCUT2D eigenvalue weighted by Gasteiger charge is 2.03. The van der Waals surface area contributed by atoms with Crippen LogP contribution in [-0.4, -0.2) is 18.5 Å². The van der Waals surface area contributed by atoms with Crippen molar-refractivity contribution in [1.82, 2.24) is 4.90 Å². The number of hydrogen-bond acceptors (Lipinski definition) is 3. The summed E-state index contributed by atoms with van der Waals surface area (Å²) in [4.78, 5) is 1.88. The molecule has 16 heavy (non-hydrogen) atoms. The third kappa shape index (κ3) is 5.01. The van der Waals surface area contributed by atoms with Crippen molar-refractivity contribution in [3.8, 4) is 6.07 Å². The van der Waals surface area contributed by atoms with Gasteiger partial charge < -0.3 is 5.73 Å². The number of nitrogens with two attached hydrogens (primary N) is 1. The first-order chi connectivity index (χ1) is 7.63. The molecule has 0 aliphatic carbocycles. The summed E-state index contributed by atoms with van der Waals surface area (Å²) in [6, 6.07) is 7.43. The van der Waals surface area contributed by atoms with Crippen molar-refractivity contribution in [3.63, 3.8) is 0 Å². The lowest BCUT2D eigenvalue weighted by Crippen LogP contribution is -2.18. The van der Waals surface area contributed by atoms with Crippen LogP contribution in [0.15, 0.2) is 18.2 Å². The van der Waals surface area contributed by atoms with Gasteiger partial charge in [0.05, 0.1) is 12.6 Å². The summed E-state index contributed by atoms with van der Waals surface area (Å²) in [6.07, 6.45) is 0. The molecule has 0 amide bonds. The number of hydrogen-bond donors (Lipinski definition) is 1. The van der Waals surface area contributed by atoms with E-state index in [-0.39, 0.29) is 0 Å². The number of anilines is 1. The zero-order valence-electron chi connectivity index (χ0n) is 10.00. The fourth-order valence-corrected chi connectivity index (χ4v) is 1.37. The van der Waals surface area contributed by atoms with Crippen LogP contribution < -0.4 is 5.73 Å². The first-order valence-corrected chi connectivity index (χ1v) is 5.60. The van der Waals surface area contributed by atoms with E-state index in [1.165, 1.54) is 0 Å². The molecule has 0 aliphatic heterocycles. The van der Waals surface area contributed by atoms with Crippen LogP contribution in [0.25, 0.3) is 0 Å². The van der Waals surface area contributed by atoms with Gasteiger partial charge >= 0.3 is 0 Å². The monoisotopic (exact) mass is 239 g/mol. The topological polar surface area (TPSA) is 53.0 Å². The van der Waals surface area contributed by atoms with Crippen molar-refractivity contribution < 1.29 is 0 Å². The van der Waals surface area contributed by atoms with Crippen LogP contribution in [-0.2, 0) is 6.54 Å². The molecule has 0 fully saturated rings. The Morgan fingerprint density at radius 2 is 2.06 bits per heavy atom. The van der Waals surface area contributed by atoms with Crippen LogP contribution in [0.2, 0.25) is 5.02 Å². The van der Waals surface area contributed by atoms with Crippen molar-refractivity contribution in [2.75, 3.05) is 19.3 Å². The van der Waals surface area contributed by atoms with E-state index in [0.29, 0.717) is 23.8 Å². The molecule has 0 atom stereocenters. The molecule has 0 aromatic heterocycles. The van der Waals surface area contributed by atoms with Gasteiger partial charge in [-0.05, 0) is 30.8 Å². The highest BCUT2D eigenvalue weighted by atomic mass is 35.5. The number of benzene rings is 1. The van der Waals surface area contributed by atoms with Gasteiger partial charge in [-0.1, -0.05) is 25.4 Å². The van der Waals surface area contributed by atoms with E-state index < -0.39 is 0 Å². The summed E-state index contributed by atoms with van der Waals surface area (Å²) in [7, 11) is 1.86. The molecular weight excluding hydrogens is 222 g/mol. The lowest BCUT2D eigenvalue weighted by molar-refractivity contribution is 0.368. The van der Waals surface area contributed by atoms with Gasteiger partial charge in [-0.3, -0.25) is 4.90 Å². The predicted octanol–water partition coefficient (Wildman–Crippen LogP) is 2.90. The second-order valence-corrected chi connectivity index (χ2v) is 3.61. The first kappa shape index (κ1) is 14.8. The molecule has 0 unspecified atom stereocenters. The maximum atomic E-state index is 8.49. The standard InChI is InChI=1S/C10H12ClN3.C2H6/c1-14(5-4-12)7-8-6-9(11)2-3-10(8)13;1-2/h2-3,6H,5,7,13H2,1H3;1-2H3. The molecule has 2 N–H and O–H groups in total. The molecule has 0 radical (unpaired) electrons. The number of nitriles is 1. The lowest BCUT2D eigenvalue weighted by atomic mass is 10.2. The lowest BCUT2D eigenvalue weighted by Gasteiger charge is -2.14. The maximum Gasteiger partial charge on any atom is 0.0866 e. The van der Waals surface area contributed by atoms with Gasteiger partial charge in [0.15, 0.2) is 0 Å². The largest absolute Gasteiger partial charge is 0.398 e. The van der Waals surface area contributed by atoms with Crippen LogP contribution in [0.4, 0.5) is 5.69 Å². The Morgan fingerprint density at radius 1 is 1.44 bits per heavy atom. The van der Waals surface area contributed by atoms with Gasteiger partial charge in [-0.15, -0.1) is 0 Å². The minimum absolute atomic E-state index is 0.381. The highest BCUT2D eigenvalue weighted by Crippen LogP contribution is 2.18. The van der Waals surface area contributed by atoms with E-state index in [4.69, 9.17) is 22.6 Å². The normalized spacial score (nSPS) is 9.25. The third-order valence-corrected chi connectivity index (χ3v) is 2.12. The van der Waals surface area contributed by atoms with Crippen LogP contribution in [0.1, 0.15) is 19.4 Å². The maximum absolute atomic E-state index is 8.49. The molecular formula is C12H18ClN3. The number of rotatable bonds is 3. The molecule has 3 nitrogen and oxygen atoms in total. The molecule has 0 spiro atoms. The minimum Gasteiger partial charge on any atom is -0.398 e. The second kappa shape index (κ2) is 7.98. The van der Waals surface area contributed by atoms with Crippen LogP contribution in [0.3, 0.4) is 0 Å². The Bertz CT molecular complexity index is 358. The number of nitrogens with zero attached hydrogens (tertiary/aromatic N) is 2. The van der Waals surface area contributed by atoms with E-state index in [1.54, 1.807) is 12.1 Å². The fourth-order valence-electron chi connectivity index (χ4n) is 1.18. The van der Waals surface area contributed by atoms with E-state index in [1.807, 2.05) is 31.9 Å². The summed E-state index contributed by atoms with van der Waals surface area (Å²) in [6.45, 7) is 5.02. The molecule has 1 aromatic rings. The minimum atomic E-state index is 0.381. The second-order valence-electron chi connectivity index (χ2n) is 3.17. The Hall–Kier alpha value is -1.24. The van der Waals surface area contributed by atoms with Gasteiger partial charge in [0, 0.05) is 17.3 Å². The molecule has 0 saturated carbocycles. The zero-order valence-corrected chi connectivity index (χ0v) is 10.8. The molecule has 1 rings (SSSR count). The molecule has 0 aliphatic rings. The van der Waals surface area contributed by atoms with Crippen LogP contribution >= 0.6 is 11.6 Å². The predicted molar refractivity (Wildman–Crippen MR) is 69.2 cm³/mol. The van der Waals surface area contributed by atoms with Crippen molar-refractivity contribution in [2.45, 2.75) is 20.4 Å². The summed E-state index contributed by atoms with van der Waals surface area (Å²) in [5, 5.41) is 9.16. The van der Waals surface area contributed by atoms with Gasteiger partial charge in [-0.2, -0.15) is 5.26 Å². The van der Waals surface area contributed by atoms with Crippen molar-refractivity contribution >= 4 is 17.3 Å². The Labute approximate surface area is 102 Å². The number of nitrogen functional groups attached to an aromatic ring is 1. The van der Waals surface area contributed by atoms with E-state index in [9.17, 15) is 0 Å². The van der Waals surface area contributed by atoms with Crippen molar-refractivity contribution in [3.05, 3.63) is 28.8 Å². The molecule has 0 bridgehead atoms. The smallest absolute Gasteiger partial charge is 0.0866 e. The van der Waals surface area contributed by atoms with E-state index in [2.05, 4.69) is 6.07 Å². The van der Waals surface area contributed by atoms with E-state index >= 15 is 0 Å². The highest BCUT2D eigenvalue weighted by molar-refractivity contribution is 6.30. The van der Waals surface area contributed by atoms with Crippen LogP contribution in [0.5, 0.6) is 0 Å². The summed E-state index contributed by atoms with van der Waals surface area (Å²) in [5.41, 5.74) is 7.43. The summed E-state index contributed by atoms with van der Waals surface area (Å²) < 4.78 is 0. The molecule has 88 valence electrons. The molecule has 4 heteroatoms. The van der Waals surface area contributed by atoms with Gasteiger partial charge in [0.25, 0.3) is 0 Å². The Morgan fingerprint density at radius 3 is 2.62 bits per heavy atom. The average molecular weight is 240 g/mol. The zero-order chi connectivity index (χ0) is 12.6. The summed E-state index contributed by atoms with van der Waals surface area (Å²) in [5.74, 6) is 0. The average Bonchev–Trinajstić information content (AvgIpc) is 2.27. The van der Waals surface area contributed by atoms with Crippen molar-refractivity contribution in [2.24, 2.45) is 0 Å². The third-order valence-electron chi connectivity index (χ3n) is 1.89. The van der Waals surface area contributed by atoms with Crippen LogP contribution in [0, 0.1) is 11.3 Å².